The smallest absolute Gasteiger partial charge is 0.252 e. The lowest BCUT2D eigenvalue weighted by atomic mass is 9.90. The Hall–Kier alpha value is -0.610. The lowest BCUT2D eigenvalue weighted by Gasteiger charge is -2.44. The van der Waals surface area contributed by atoms with E-state index in [-0.39, 0.29) is 18.1 Å². The van der Waals surface area contributed by atoms with Crippen molar-refractivity contribution in [1.29, 1.82) is 0 Å². The van der Waals surface area contributed by atoms with Crippen LogP contribution in [0, 0.1) is 0 Å². The molecular weight excluding hydrogens is 218 g/mol. The summed E-state index contributed by atoms with van der Waals surface area (Å²) < 4.78 is 11.3. The number of nitrogens with zero attached hydrogens (tertiary/aromatic N) is 1. The molecule has 0 bridgehead atoms. The Balaban J connectivity index is 1.69. The molecule has 3 rings (SSSR count). The minimum atomic E-state index is -0.171. The molecule has 1 saturated carbocycles. The zero-order valence-corrected chi connectivity index (χ0v) is 10.3. The van der Waals surface area contributed by atoms with Gasteiger partial charge in [0.2, 0.25) is 0 Å². The first-order chi connectivity index (χ1) is 8.36. The van der Waals surface area contributed by atoms with Gasteiger partial charge in [-0.05, 0) is 25.7 Å². The second kappa shape index (κ2) is 4.94. The molecule has 2 heterocycles. The third-order valence-electron chi connectivity index (χ3n) is 4.22. The minimum absolute atomic E-state index is 0.171. The second-order valence-corrected chi connectivity index (χ2v) is 5.29. The standard InChI is InChI=1S/C13H21NO3/c15-13(12-6-3-8-16-12)14-7-9-17-11-5-2-1-4-10(11)14/h10-12H,1-9H2/t10-,11+,12+/m0/s1. The maximum Gasteiger partial charge on any atom is 0.252 e. The molecule has 2 saturated heterocycles. The predicted octanol–water partition coefficient (Wildman–Crippen LogP) is 1.34. The summed E-state index contributed by atoms with van der Waals surface area (Å²) in [6.45, 7) is 2.19. The van der Waals surface area contributed by atoms with Gasteiger partial charge in [0.1, 0.15) is 6.10 Å². The van der Waals surface area contributed by atoms with Gasteiger partial charge in [-0.3, -0.25) is 4.79 Å². The van der Waals surface area contributed by atoms with Crippen molar-refractivity contribution in [2.45, 2.75) is 56.8 Å². The van der Waals surface area contributed by atoms with E-state index in [0.29, 0.717) is 12.6 Å². The van der Waals surface area contributed by atoms with Gasteiger partial charge < -0.3 is 14.4 Å². The van der Waals surface area contributed by atoms with Crippen LogP contribution >= 0.6 is 0 Å². The first-order valence-corrected chi connectivity index (χ1v) is 6.90. The third kappa shape index (κ3) is 2.20. The van der Waals surface area contributed by atoms with Crippen LogP contribution in [0.2, 0.25) is 0 Å². The number of morpholine rings is 1. The Morgan fingerprint density at radius 1 is 1.00 bits per heavy atom. The molecule has 1 amide bonds. The zero-order valence-electron chi connectivity index (χ0n) is 10.3. The molecule has 3 fully saturated rings. The number of carbonyl (C=O) groups is 1. The molecule has 17 heavy (non-hydrogen) atoms. The Morgan fingerprint density at radius 2 is 1.88 bits per heavy atom. The van der Waals surface area contributed by atoms with Gasteiger partial charge in [-0.1, -0.05) is 12.8 Å². The van der Waals surface area contributed by atoms with Crippen LogP contribution in [0.15, 0.2) is 0 Å². The van der Waals surface area contributed by atoms with E-state index in [1.165, 1.54) is 12.8 Å². The van der Waals surface area contributed by atoms with Crippen LogP contribution in [0.4, 0.5) is 0 Å². The summed E-state index contributed by atoms with van der Waals surface area (Å²) in [5.41, 5.74) is 0. The highest BCUT2D eigenvalue weighted by Crippen LogP contribution is 2.29. The molecule has 0 radical (unpaired) electrons. The van der Waals surface area contributed by atoms with Crippen LogP contribution in [0.1, 0.15) is 38.5 Å². The number of hydrogen-bond donors (Lipinski definition) is 0. The fourth-order valence-corrected chi connectivity index (χ4v) is 3.33. The van der Waals surface area contributed by atoms with Crippen molar-refractivity contribution in [3.05, 3.63) is 0 Å². The number of fused-ring (bicyclic) bond motifs is 1. The summed E-state index contributed by atoms with van der Waals surface area (Å²) in [6.07, 6.45) is 6.70. The molecule has 4 nitrogen and oxygen atoms in total. The summed E-state index contributed by atoms with van der Waals surface area (Å²) in [7, 11) is 0. The monoisotopic (exact) mass is 239 g/mol. The molecule has 96 valence electrons. The molecule has 4 heteroatoms. The molecule has 3 atom stereocenters. The van der Waals surface area contributed by atoms with E-state index in [0.717, 1.165) is 38.8 Å². The maximum atomic E-state index is 12.4. The van der Waals surface area contributed by atoms with Crippen molar-refractivity contribution in [3.63, 3.8) is 0 Å². The summed E-state index contributed by atoms with van der Waals surface area (Å²) in [5.74, 6) is 0.211. The lowest BCUT2D eigenvalue weighted by Crippen LogP contribution is -2.57. The molecule has 0 N–H and O–H groups in total. The molecule has 1 aliphatic carbocycles. The van der Waals surface area contributed by atoms with Gasteiger partial charge in [0.25, 0.3) is 5.91 Å². The fourth-order valence-electron chi connectivity index (χ4n) is 3.33. The maximum absolute atomic E-state index is 12.4. The second-order valence-electron chi connectivity index (χ2n) is 5.29. The molecule has 0 unspecified atom stereocenters. The zero-order chi connectivity index (χ0) is 11.7. The Morgan fingerprint density at radius 3 is 2.71 bits per heavy atom. The van der Waals surface area contributed by atoms with Crippen LogP contribution in [-0.4, -0.2) is 48.8 Å². The lowest BCUT2D eigenvalue weighted by molar-refractivity contribution is -0.158. The summed E-state index contributed by atoms with van der Waals surface area (Å²) in [6, 6.07) is 0.314. The van der Waals surface area contributed by atoms with E-state index in [2.05, 4.69) is 0 Å². The number of rotatable bonds is 1. The van der Waals surface area contributed by atoms with Crippen LogP contribution < -0.4 is 0 Å². The first-order valence-electron chi connectivity index (χ1n) is 6.90. The van der Waals surface area contributed by atoms with Crippen LogP contribution in [0.5, 0.6) is 0 Å². The average molecular weight is 239 g/mol. The largest absolute Gasteiger partial charge is 0.374 e. The van der Waals surface area contributed by atoms with Gasteiger partial charge in [-0.25, -0.2) is 0 Å². The van der Waals surface area contributed by atoms with Gasteiger partial charge in [-0.2, -0.15) is 0 Å². The van der Waals surface area contributed by atoms with Crippen molar-refractivity contribution >= 4 is 5.91 Å². The highest BCUT2D eigenvalue weighted by molar-refractivity contribution is 5.81. The molecule has 0 aromatic heterocycles. The topological polar surface area (TPSA) is 38.8 Å². The van der Waals surface area contributed by atoms with Crippen molar-refractivity contribution in [1.82, 2.24) is 4.90 Å². The Bertz CT molecular complexity index is 286. The van der Waals surface area contributed by atoms with Crippen LogP contribution in [0.25, 0.3) is 0 Å². The normalized spacial score (nSPS) is 37.9. The first kappa shape index (κ1) is 11.5. The van der Waals surface area contributed by atoms with Gasteiger partial charge in [0, 0.05) is 13.2 Å². The number of ether oxygens (including phenoxy) is 2. The molecule has 2 aliphatic heterocycles. The Kier molecular flexibility index (Phi) is 3.34. The van der Waals surface area contributed by atoms with E-state index in [1.54, 1.807) is 0 Å². The van der Waals surface area contributed by atoms with Gasteiger partial charge in [0.05, 0.1) is 18.8 Å². The van der Waals surface area contributed by atoms with Gasteiger partial charge >= 0.3 is 0 Å². The summed E-state index contributed by atoms with van der Waals surface area (Å²) in [5, 5.41) is 0. The molecule has 0 aromatic carbocycles. The van der Waals surface area contributed by atoms with Crippen molar-refractivity contribution in [3.8, 4) is 0 Å². The van der Waals surface area contributed by atoms with E-state index in [4.69, 9.17) is 9.47 Å². The van der Waals surface area contributed by atoms with Crippen molar-refractivity contribution in [2.75, 3.05) is 19.8 Å². The minimum Gasteiger partial charge on any atom is -0.374 e. The summed E-state index contributed by atoms with van der Waals surface area (Å²) in [4.78, 5) is 14.4. The predicted molar refractivity (Wildman–Crippen MR) is 62.7 cm³/mol. The third-order valence-corrected chi connectivity index (χ3v) is 4.22. The Labute approximate surface area is 102 Å². The van der Waals surface area contributed by atoms with Gasteiger partial charge in [-0.15, -0.1) is 0 Å². The number of hydrogen-bond acceptors (Lipinski definition) is 3. The molecular formula is C13H21NO3. The van der Waals surface area contributed by atoms with Crippen molar-refractivity contribution < 1.29 is 14.3 Å². The average Bonchev–Trinajstić information content (AvgIpc) is 2.91. The fraction of sp³-hybridized carbons (Fsp3) is 0.923. The SMILES string of the molecule is O=C([C@H]1CCCO1)N1CCO[C@@H]2CCCC[C@@H]21. The molecule has 0 aromatic rings. The van der Waals surface area contributed by atoms with E-state index in [9.17, 15) is 4.79 Å². The summed E-state index contributed by atoms with van der Waals surface area (Å²) >= 11 is 0. The number of amides is 1. The highest BCUT2D eigenvalue weighted by Gasteiger charge is 2.39. The van der Waals surface area contributed by atoms with Crippen LogP contribution in [-0.2, 0) is 14.3 Å². The van der Waals surface area contributed by atoms with E-state index in [1.807, 2.05) is 4.90 Å². The van der Waals surface area contributed by atoms with E-state index >= 15 is 0 Å². The quantitative estimate of drug-likeness (QED) is 0.693. The van der Waals surface area contributed by atoms with Gasteiger partial charge in [0.15, 0.2) is 0 Å². The van der Waals surface area contributed by atoms with Crippen molar-refractivity contribution in [2.24, 2.45) is 0 Å². The number of carbonyl (C=O) groups excluding carboxylic acids is 1. The molecule has 3 aliphatic rings. The molecule has 0 spiro atoms. The van der Waals surface area contributed by atoms with E-state index < -0.39 is 0 Å². The van der Waals surface area contributed by atoms with Crippen LogP contribution in [0.3, 0.4) is 0 Å². The highest BCUT2D eigenvalue weighted by atomic mass is 16.5.